The van der Waals surface area contributed by atoms with E-state index in [-0.39, 0.29) is 36.3 Å². The number of hydrogen-bond donors (Lipinski definition) is 2. The number of fused-ring (bicyclic) bond motifs is 1. The first-order valence-corrected chi connectivity index (χ1v) is 17.1. The smallest absolute Gasteiger partial charge is 0.271 e. The van der Waals surface area contributed by atoms with Crippen LogP contribution in [0.25, 0.3) is 22.2 Å². The molecule has 1 saturated heterocycles. The van der Waals surface area contributed by atoms with Crippen LogP contribution in [0.3, 0.4) is 0 Å². The Bertz CT molecular complexity index is 2070. The van der Waals surface area contributed by atoms with Gasteiger partial charge in [-0.05, 0) is 52.1 Å². The van der Waals surface area contributed by atoms with Gasteiger partial charge in [0.1, 0.15) is 12.0 Å². The Kier molecular flexibility index (Phi) is 9.76. The van der Waals surface area contributed by atoms with Gasteiger partial charge in [-0.25, -0.2) is 4.98 Å². The first-order chi connectivity index (χ1) is 23.9. The number of ether oxygens (including phenoxy) is 2. The van der Waals surface area contributed by atoms with Gasteiger partial charge in [-0.2, -0.15) is 0 Å². The molecule has 248 valence electrons. The maximum Gasteiger partial charge on any atom is 0.271 e. The van der Waals surface area contributed by atoms with Gasteiger partial charge in [-0.15, -0.1) is 10.2 Å². The number of aromatic nitrogens is 5. The number of benzene rings is 4. The number of nitrogens with zero attached hydrogens (tertiary/aromatic N) is 5. The van der Waals surface area contributed by atoms with Crippen LogP contribution in [-0.4, -0.2) is 47.6 Å². The first kappa shape index (κ1) is 32.6. The number of nitrogens with one attached hydrogen (secondary N) is 1. The van der Waals surface area contributed by atoms with Crippen LogP contribution in [0.1, 0.15) is 52.1 Å². The van der Waals surface area contributed by atoms with Crippen molar-refractivity contribution in [2.24, 2.45) is 13.0 Å². The highest BCUT2D eigenvalue weighted by molar-refractivity contribution is 7.99. The predicted octanol–water partition coefficient (Wildman–Crippen LogP) is 6.43. The Morgan fingerprint density at radius 2 is 1.67 bits per heavy atom. The number of aryl methyl sites for hydroxylation is 1. The standard InChI is InChI=1S/C38H36N6O4S/c1-24-34(22-49-38-43-41-23-44(38)2)47-37(48-35(24)27-15-13-25(21-45)14-16-27)30-10-6-9-29(18-30)28-8-5-7-26(17-28)19-40-36(46)33-20-39-31-11-3-4-12-32(31)42-33/h3-18,20,23-24,34-35,37,45H,19,21-22H2,1-2H3,(H,40,46). The molecule has 0 saturated carbocycles. The Balaban J connectivity index is 1.09. The summed E-state index contributed by atoms with van der Waals surface area (Å²) in [6.07, 6.45) is 2.24. The molecule has 10 nitrogen and oxygen atoms in total. The minimum Gasteiger partial charge on any atom is -0.392 e. The Labute approximate surface area is 288 Å². The average molecular weight is 673 g/mol. The summed E-state index contributed by atoms with van der Waals surface area (Å²) in [5, 5.41) is 21.6. The van der Waals surface area contributed by atoms with Crippen molar-refractivity contribution in [3.63, 3.8) is 0 Å². The zero-order chi connectivity index (χ0) is 33.7. The number of aliphatic hydroxyl groups excluding tert-OH is 1. The molecule has 11 heteroatoms. The molecule has 49 heavy (non-hydrogen) atoms. The fraction of sp³-hybridized carbons (Fsp3) is 0.237. The molecule has 1 aliphatic rings. The summed E-state index contributed by atoms with van der Waals surface area (Å²) in [5.41, 5.74) is 7.47. The lowest BCUT2D eigenvalue weighted by Crippen LogP contribution is -2.38. The number of amides is 1. The second-order valence-corrected chi connectivity index (χ2v) is 13.1. The fourth-order valence-electron chi connectivity index (χ4n) is 5.93. The van der Waals surface area contributed by atoms with Gasteiger partial charge in [0, 0.05) is 30.8 Å². The third-order valence-electron chi connectivity index (χ3n) is 8.72. The van der Waals surface area contributed by atoms with Gasteiger partial charge in [0.15, 0.2) is 11.4 Å². The van der Waals surface area contributed by atoms with Crippen molar-refractivity contribution in [3.8, 4) is 11.1 Å². The summed E-state index contributed by atoms with van der Waals surface area (Å²) in [7, 11) is 1.93. The molecular formula is C38H36N6O4S. The fourth-order valence-corrected chi connectivity index (χ4v) is 6.99. The second-order valence-electron chi connectivity index (χ2n) is 12.1. The summed E-state index contributed by atoms with van der Waals surface area (Å²) in [5.74, 6) is 0.448. The molecule has 4 atom stereocenters. The van der Waals surface area contributed by atoms with Crippen LogP contribution < -0.4 is 5.32 Å². The maximum atomic E-state index is 12.9. The molecule has 0 spiro atoms. The molecule has 6 aromatic rings. The lowest BCUT2D eigenvalue weighted by Gasteiger charge is -2.41. The topological polar surface area (TPSA) is 124 Å². The minimum atomic E-state index is -0.603. The third-order valence-corrected chi connectivity index (χ3v) is 9.85. The van der Waals surface area contributed by atoms with E-state index in [2.05, 4.69) is 56.7 Å². The summed E-state index contributed by atoms with van der Waals surface area (Å²) >= 11 is 1.61. The van der Waals surface area contributed by atoms with Crippen LogP contribution in [0.4, 0.5) is 0 Å². The lowest BCUT2D eigenvalue weighted by molar-refractivity contribution is -0.268. The van der Waals surface area contributed by atoms with Crippen molar-refractivity contribution >= 4 is 28.7 Å². The van der Waals surface area contributed by atoms with E-state index in [0.29, 0.717) is 17.8 Å². The molecule has 0 aliphatic carbocycles. The molecule has 0 radical (unpaired) electrons. The SMILES string of the molecule is CC1C(CSc2nncn2C)OC(c2cccc(-c3cccc(CNC(=O)c4cnc5ccccc5n4)c3)c2)OC1c1ccc(CO)cc1. The van der Waals surface area contributed by atoms with Crippen molar-refractivity contribution in [2.75, 3.05) is 5.75 Å². The van der Waals surface area contributed by atoms with E-state index in [1.54, 1.807) is 18.1 Å². The van der Waals surface area contributed by atoms with E-state index in [4.69, 9.17) is 9.47 Å². The van der Waals surface area contributed by atoms with Crippen molar-refractivity contribution in [1.82, 2.24) is 30.0 Å². The van der Waals surface area contributed by atoms with E-state index in [1.807, 2.05) is 84.4 Å². The molecule has 0 bridgehead atoms. The van der Waals surface area contributed by atoms with Crippen molar-refractivity contribution in [1.29, 1.82) is 0 Å². The van der Waals surface area contributed by atoms with Crippen LogP contribution in [0, 0.1) is 5.92 Å². The van der Waals surface area contributed by atoms with E-state index in [9.17, 15) is 9.90 Å². The number of aliphatic hydroxyl groups is 1. The summed E-state index contributed by atoms with van der Waals surface area (Å²) in [6, 6.07) is 31.7. The van der Waals surface area contributed by atoms with Gasteiger partial charge < -0.3 is 24.5 Å². The Morgan fingerprint density at radius 1 is 0.898 bits per heavy atom. The molecule has 2 aromatic heterocycles. The molecule has 1 aliphatic heterocycles. The number of hydrogen-bond acceptors (Lipinski definition) is 9. The number of thioether (sulfide) groups is 1. The van der Waals surface area contributed by atoms with Gasteiger partial charge in [0.25, 0.3) is 5.91 Å². The van der Waals surface area contributed by atoms with E-state index >= 15 is 0 Å². The van der Waals surface area contributed by atoms with Crippen molar-refractivity contribution in [3.05, 3.63) is 138 Å². The lowest BCUT2D eigenvalue weighted by atomic mass is 9.91. The van der Waals surface area contributed by atoms with E-state index in [1.165, 1.54) is 6.20 Å². The third kappa shape index (κ3) is 7.40. The number of carbonyl (C=O) groups is 1. The van der Waals surface area contributed by atoms with Crippen LogP contribution in [0.5, 0.6) is 0 Å². The van der Waals surface area contributed by atoms with Crippen LogP contribution in [0.15, 0.2) is 115 Å². The quantitative estimate of drug-likeness (QED) is 0.158. The zero-order valence-electron chi connectivity index (χ0n) is 27.1. The highest BCUT2D eigenvalue weighted by Crippen LogP contribution is 2.43. The molecule has 1 amide bonds. The summed E-state index contributed by atoms with van der Waals surface area (Å²) in [4.78, 5) is 21.7. The van der Waals surface area contributed by atoms with E-state index < -0.39 is 6.29 Å². The largest absolute Gasteiger partial charge is 0.392 e. The van der Waals surface area contributed by atoms with Gasteiger partial charge in [0.2, 0.25) is 0 Å². The molecule has 7 rings (SSSR count). The summed E-state index contributed by atoms with van der Waals surface area (Å²) < 4.78 is 15.3. The van der Waals surface area contributed by atoms with Gasteiger partial charge in [-0.3, -0.25) is 9.78 Å². The number of carbonyl (C=O) groups excluding carboxylic acids is 1. The summed E-state index contributed by atoms with van der Waals surface area (Å²) in [6.45, 7) is 2.48. The highest BCUT2D eigenvalue weighted by Gasteiger charge is 2.38. The molecular weight excluding hydrogens is 637 g/mol. The van der Waals surface area contributed by atoms with Crippen molar-refractivity contribution in [2.45, 2.75) is 43.7 Å². The van der Waals surface area contributed by atoms with Crippen LogP contribution >= 0.6 is 11.8 Å². The van der Waals surface area contributed by atoms with E-state index in [0.717, 1.165) is 44.1 Å². The van der Waals surface area contributed by atoms with Gasteiger partial charge in [0.05, 0.1) is 36.0 Å². The van der Waals surface area contributed by atoms with Crippen LogP contribution in [0.2, 0.25) is 0 Å². The molecule has 4 aromatic carbocycles. The van der Waals surface area contributed by atoms with Gasteiger partial charge in [-0.1, -0.05) is 91.5 Å². The van der Waals surface area contributed by atoms with Crippen LogP contribution in [-0.2, 0) is 29.7 Å². The minimum absolute atomic E-state index is 0.0104. The highest BCUT2D eigenvalue weighted by atomic mass is 32.2. The number of rotatable bonds is 10. The average Bonchev–Trinajstić information content (AvgIpc) is 3.57. The first-order valence-electron chi connectivity index (χ1n) is 16.1. The normalized spacial score (nSPS) is 19.2. The molecule has 1 fully saturated rings. The van der Waals surface area contributed by atoms with Crippen molar-refractivity contribution < 1.29 is 19.4 Å². The molecule has 4 unspecified atom stereocenters. The molecule has 2 N–H and O–H groups in total. The Morgan fingerprint density at radius 3 is 2.45 bits per heavy atom. The second kappa shape index (κ2) is 14.7. The Hall–Kier alpha value is -4.94. The monoisotopic (exact) mass is 672 g/mol. The van der Waals surface area contributed by atoms with Gasteiger partial charge >= 0.3 is 0 Å². The maximum absolute atomic E-state index is 12.9. The zero-order valence-corrected chi connectivity index (χ0v) is 28.0. The number of para-hydroxylation sites is 2. The molecule has 3 heterocycles. The predicted molar refractivity (Wildman–Crippen MR) is 187 cm³/mol.